The summed E-state index contributed by atoms with van der Waals surface area (Å²) >= 11 is 0. The fourth-order valence-corrected chi connectivity index (χ4v) is 2.28. The molecule has 0 rings (SSSR count). The number of hydrogen-bond acceptors (Lipinski definition) is 5. The normalized spacial score (nSPS) is 12.5. The molecule has 0 spiro atoms. The Morgan fingerprint density at radius 3 is 1.96 bits per heavy atom. The lowest BCUT2D eigenvalue weighted by Gasteiger charge is -1.98. The smallest absolute Gasteiger partial charge is 0.253 e. The summed E-state index contributed by atoms with van der Waals surface area (Å²) in [6.45, 7) is 1.75. The van der Waals surface area contributed by atoms with Crippen LogP contribution in [0, 0.1) is 20.2 Å². The van der Waals surface area contributed by atoms with Crippen molar-refractivity contribution >= 4 is 6.29 Å². The van der Waals surface area contributed by atoms with Crippen molar-refractivity contribution in [2.75, 3.05) is 0 Å². The second-order valence-corrected chi connectivity index (χ2v) is 5.71. The van der Waals surface area contributed by atoms with Gasteiger partial charge in [-0.1, -0.05) is 38.3 Å². The van der Waals surface area contributed by atoms with Gasteiger partial charge in [0.25, 0.3) is 11.4 Å². The lowest BCUT2D eigenvalue weighted by Crippen LogP contribution is -2.06. The van der Waals surface area contributed by atoms with Crippen LogP contribution in [0.25, 0.3) is 0 Å². The van der Waals surface area contributed by atoms with Crippen LogP contribution in [0.4, 0.5) is 0 Å². The summed E-state index contributed by atoms with van der Waals surface area (Å²) in [5.74, 6) is 0. The summed E-state index contributed by atoms with van der Waals surface area (Å²) in [7, 11) is 0. The first-order valence-corrected chi connectivity index (χ1v) is 8.78. The monoisotopic (exact) mass is 352 g/mol. The van der Waals surface area contributed by atoms with Gasteiger partial charge >= 0.3 is 0 Å². The molecule has 140 valence electrons. The fraction of sp³-hybridized carbons (Fsp3) is 0.611. The van der Waals surface area contributed by atoms with Crippen molar-refractivity contribution in [3.63, 3.8) is 0 Å². The van der Waals surface area contributed by atoms with Gasteiger partial charge in [0, 0.05) is 6.42 Å². The number of unbranched alkanes of at least 4 members (excludes halogenated alkanes) is 6. The first kappa shape index (κ1) is 22.7. The van der Waals surface area contributed by atoms with Gasteiger partial charge in [0.1, 0.15) is 12.7 Å². The fourth-order valence-electron chi connectivity index (χ4n) is 2.28. The molecule has 7 nitrogen and oxygen atoms in total. The molecule has 0 radical (unpaired) electrons. The van der Waals surface area contributed by atoms with E-state index in [1.165, 1.54) is 12.2 Å². The van der Waals surface area contributed by atoms with Gasteiger partial charge in [0.15, 0.2) is 0 Å². The molecule has 0 aromatic carbocycles. The van der Waals surface area contributed by atoms with E-state index in [1.807, 2.05) is 12.2 Å². The van der Waals surface area contributed by atoms with Crippen LogP contribution in [0.1, 0.15) is 71.1 Å². The number of aldehydes is 1. The topological polar surface area (TPSA) is 103 Å². The third-order valence-electron chi connectivity index (χ3n) is 3.62. The minimum absolute atomic E-state index is 0.135. The Labute approximate surface area is 148 Å². The summed E-state index contributed by atoms with van der Waals surface area (Å²) in [4.78, 5) is 30.9. The van der Waals surface area contributed by atoms with Crippen molar-refractivity contribution in [2.45, 2.75) is 71.1 Å². The molecule has 0 saturated heterocycles. The zero-order chi connectivity index (χ0) is 18.9. The van der Waals surface area contributed by atoms with E-state index in [4.69, 9.17) is 0 Å². The minimum atomic E-state index is -0.564. The highest BCUT2D eigenvalue weighted by molar-refractivity contribution is 5.48. The van der Waals surface area contributed by atoms with Gasteiger partial charge in [0.2, 0.25) is 0 Å². The van der Waals surface area contributed by atoms with E-state index >= 15 is 0 Å². The molecule has 0 amide bonds. The van der Waals surface area contributed by atoms with Crippen molar-refractivity contribution < 1.29 is 14.6 Å². The maximum absolute atomic E-state index is 11.0. The molecule has 0 aliphatic carbocycles. The maximum Gasteiger partial charge on any atom is 0.253 e. The van der Waals surface area contributed by atoms with Crippen LogP contribution in [0.2, 0.25) is 0 Å². The first-order chi connectivity index (χ1) is 12.0. The zero-order valence-electron chi connectivity index (χ0n) is 14.9. The van der Waals surface area contributed by atoms with Crippen LogP contribution >= 0.6 is 0 Å². The Morgan fingerprint density at radius 1 is 0.840 bits per heavy atom. The average Bonchev–Trinajstić information content (AvgIpc) is 2.57. The first-order valence-electron chi connectivity index (χ1n) is 8.78. The molecule has 0 bridgehead atoms. The van der Waals surface area contributed by atoms with E-state index in [0.29, 0.717) is 19.3 Å². The van der Waals surface area contributed by atoms with E-state index in [2.05, 4.69) is 0 Å². The lowest BCUT2D eigenvalue weighted by atomic mass is 10.1. The third kappa shape index (κ3) is 12.7. The van der Waals surface area contributed by atoms with Gasteiger partial charge in [-0.15, -0.1) is 0 Å². The second kappa shape index (κ2) is 15.2. The molecule has 0 heterocycles. The van der Waals surface area contributed by atoms with Gasteiger partial charge in [-0.25, -0.2) is 0 Å². The van der Waals surface area contributed by atoms with Gasteiger partial charge in [-0.05, 0) is 44.3 Å². The number of carbonyl (C=O) groups excluding carboxylic acids is 1. The molecule has 25 heavy (non-hydrogen) atoms. The van der Waals surface area contributed by atoms with Gasteiger partial charge in [-0.2, -0.15) is 0 Å². The average molecular weight is 352 g/mol. The van der Waals surface area contributed by atoms with Crippen molar-refractivity contribution in [1.29, 1.82) is 0 Å². The number of rotatable bonds is 15. The number of hydrogen-bond donors (Lipinski definition) is 0. The van der Waals surface area contributed by atoms with Crippen LogP contribution in [-0.4, -0.2) is 16.1 Å². The van der Waals surface area contributed by atoms with Crippen LogP contribution in [0.3, 0.4) is 0 Å². The van der Waals surface area contributed by atoms with Crippen LogP contribution < -0.4 is 0 Å². The Bertz CT molecular complexity index is 510. The van der Waals surface area contributed by atoms with Gasteiger partial charge in [-0.3, -0.25) is 20.2 Å². The Balaban J connectivity index is 4.19. The van der Waals surface area contributed by atoms with Crippen molar-refractivity contribution in [2.24, 2.45) is 0 Å². The molecule has 0 unspecified atom stereocenters. The van der Waals surface area contributed by atoms with E-state index in [0.717, 1.165) is 44.8 Å². The van der Waals surface area contributed by atoms with Crippen molar-refractivity contribution in [3.8, 4) is 0 Å². The minimum Gasteiger partial charge on any atom is -0.303 e. The summed E-state index contributed by atoms with van der Waals surface area (Å²) in [6.07, 6.45) is 15.1. The lowest BCUT2D eigenvalue weighted by molar-refractivity contribution is -0.450. The molecule has 0 aliphatic heterocycles. The molecule has 0 N–H and O–H groups in total. The highest BCUT2D eigenvalue weighted by Gasteiger charge is 2.20. The quantitative estimate of drug-likeness (QED) is 0.136. The zero-order valence-corrected chi connectivity index (χ0v) is 14.9. The summed E-state index contributed by atoms with van der Waals surface area (Å²) in [5, 5.41) is 21.9. The number of nitrogens with zero attached hydrogens (tertiary/aromatic N) is 2. The third-order valence-corrected chi connectivity index (χ3v) is 3.62. The molecule has 0 fully saturated rings. The molecule has 0 aromatic rings. The van der Waals surface area contributed by atoms with E-state index in [1.54, 1.807) is 6.92 Å². The second-order valence-electron chi connectivity index (χ2n) is 5.71. The van der Waals surface area contributed by atoms with E-state index in [-0.39, 0.29) is 17.8 Å². The number of allylic oxidation sites excluding steroid dienone is 4. The number of nitro groups is 2. The Hall–Kier alpha value is -2.31. The van der Waals surface area contributed by atoms with E-state index < -0.39 is 9.85 Å². The molecule has 0 aromatic heterocycles. The molecular formula is C18H28N2O5. The largest absolute Gasteiger partial charge is 0.303 e. The molecule has 7 heteroatoms. The van der Waals surface area contributed by atoms with Gasteiger partial charge < -0.3 is 4.79 Å². The molecule has 0 saturated carbocycles. The maximum atomic E-state index is 11.0. The van der Waals surface area contributed by atoms with Crippen LogP contribution in [0.15, 0.2) is 35.7 Å². The summed E-state index contributed by atoms with van der Waals surface area (Å²) in [6, 6.07) is 0. The highest BCUT2D eigenvalue weighted by Crippen LogP contribution is 2.14. The Morgan fingerprint density at radius 2 is 1.40 bits per heavy atom. The molecule has 0 aliphatic rings. The predicted molar refractivity (Wildman–Crippen MR) is 97.2 cm³/mol. The van der Waals surface area contributed by atoms with Crippen molar-refractivity contribution in [3.05, 3.63) is 55.9 Å². The summed E-state index contributed by atoms with van der Waals surface area (Å²) in [5.41, 5.74) is -0.278. The van der Waals surface area contributed by atoms with E-state index in [9.17, 15) is 25.0 Å². The SMILES string of the molecule is CC/C=C(/C/C(=C/C/C=C/CCCCCCCC=O)[N+](=O)[O-])[N+](=O)[O-]. The van der Waals surface area contributed by atoms with Crippen molar-refractivity contribution in [1.82, 2.24) is 0 Å². The predicted octanol–water partition coefficient (Wildman–Crippen LogP) is 4.98. The van der Waals surface area contributed by atoms with Crippen LogP contribution in [-0.2, 0) is 4.79 Å². The van der Waals surface area contributed by atoms with Gasteiger partial charge in [0.05, 0.1) is 9.85 Å². The summed E-state index contributed by atoms with van der Waals surface area (Å²) < 4.78 is 0. The standard InChI is InChI=1S/C18H28N2O5/c1-2-13-17(19(22)23)16-18(20(24)25)14-11-9-7-5-3-4-6-8-10-12-15-21/h7,9,13-15H,2-6,8,10-12,16H2,1H3/b9-7+,17-13-,18-14-. The molecule has 0 atom stereocenters. The Kier molecular flexibility index (Phi) is 13.8. The highest BCUT2D eigenvalue weighted by atomic mass is 16.6. The molecular weight excluding hydrogens is 324 g/mol. The van der Waals surface area contributed by atoms with Crippen LogP contribution in [0.5, 0.6) is 0 Å². The number of carbonyl (C=O) groups is 1.